The predicted octanol–water partition coefficient (Wildman–Crippen LogP) is -1.61. The quantitative estimate of drug-likeness (QED) is 0.429. The second-order valence-corrected chi connectivity index (χ2v) is 0.283. The molecule has 0 bridgehead atoms. The second kappa shape index (κ2) is 9.12. The third-order valence-electron chi connectivity index (χ3n) is 0. The Bertz CT molecular complexity index is 33.8. The summed E-state index contributed by atoms with van der Waals surface area (Å²) in [6.45, 7) is 0. The van der Waals surface area contributed by atoms with Gasteiger partial charge in [-0.3, -0.25) is 0 Å². The van der Waals surface area contributed by atoms with Crippen LogP contribution in [0, 0.1) is 0 Å². The Morgan fingerprint density at radius 3 is 1.33 bits per heavy atom. The van der Waals surface area contributed by atoms with E-state index in [-0.39, 0.29) is 40.1 Å². The third kappa shape index (κ3) is 187. The fourth-order valence-electron chi connectivity index (χ4n) is 0. The zero-order valence-corrected chi connectivity index (χ0v) is 4.40. The fraction of sp³-hybridized carbons (Fsp3) is 0. The van der Waals surface area contributed by atoms with E-state index in [1.807, 2.05) is 0 Å². The summed E-state index contributed by atoms with van der Waals surface area (Å²) in [5.41, 5.74) is 0. The van der Waals surface area contributed by atoms with E-state index in [0.29, 0.717) is 0 Å². The van der Waals surface area contributed by atoms with Gasteiger partial charge in [0, 0.05) is 0 Å². The number of hydrogen-bond acceptors (Lipinski definition) is 1. The Hall–Kier alpha value is 0.556. The summed E-state index contributed by atoms with van der Waals surface area (Å²) < 4.78 is 0. The van der Waals surface area contributed by atoms with Crippen LogP contribution in [0.25, 0.3) is 0 Å². The minimum absolute atomic E-state index is 0. The molecule has 0 amide bonds. The minimum atomic E-state index is -1.83. The van der Waals surface area contributed by atoms with Crippen molar-refractivity contribution in [2.45, 2.75) is 0 Å². The molecule has 0 heterocycles. The number of carbonyl (C=O) groups is 1. The molecule has 2 N–H and O–H groups in total. The molecule has 6 heavy (non-hydrogen) atoms. The van der Waals surface area contributed by atoms with E-state index in [9.17, 15) is 0 Å². The number of hydrogen-bond donors (Lipinski definition) is 2. The van der Waals surface area contributed by atoms with Gasteiger partial charge >= 0.3 is 46.3 Å². The van der Waals surface area contributed by atoms with Gasteiger partial charge in [-0.25, -0.2) is 4.79 Å². The summed E-state index contributed by atoms with van der Waals surface area (Å²) in [7, 11) is 0. The first-order valence-electron chi connectivity index (χ1n) is 0.651. The van der Waals surface area contributed by atoms with Crippen molar-refractivity contribution in [2.75, 3.05) is 0 Å². The molecule has 0 unspecified atom stereocenters. The topological polar surface area (TPSA) is 57.5 Å². The molecule has 0 atom stereocenters. The van der Waals surface area contributed by atoms with Crippen LogP contribution >= 0.6 is 0 Å². The maximum absolute atomic E-state index is 8.56. The Morgan fingerprint density at radius 2 is 1.33 bits per heavy atom. The molecule has 3 nitrogen and oxygen atoms in total. The van der Waals surface area contributed by atoms with Crippen LogP contribution in [0.15, 0.2) is 0 Å². The van der Waals surface area contributed by atoms with E-state index < -0.39 is 6.16 Å². The van der Waals surface area contributed by atoms with Gasteiger partial charge in [-0.2, -0.15) is 0 Å². The summed E-state index contributed by atoms with van der Waals surface area (Å²) in [6, 6.07) is 0. The third-order valence-corrected chi connectivity index (χ3v) is 0. The van der Waals surface area contributed by atoms with E-state index >= 15 is 0 Å². The van der Waals surface area contributed by atoms with Crippen molar-refractivity contribution in [1.29, 1.82) is 0 Å². The second-order valence-electron chi connectivity index (χ2n) is 0.283. The molecule has 0 fully saturated rings. The predicted molar refractivity (Wildman–Crippen MR) is 27.7 cm³/mol. The van der Waals surface area contributed by atoms with Gasteiger partial charge in [0.05, 0.1) is 0 Å². The van der Waals surface area contributed by atoms with Gasteiger partial charge < -0.3 is 10.2 Å². The van der Waals surface area contributed by atoms with Crippen LogP contribution in [0.4, 0.5) is 4.79 Å². The van der Waals surface area contributed by atoms with Crippen molar-refractivity contribution in [1.82, 2.24) is 0 Å². The molecular formula is CH6MgO3Se. The Labute approximate surface area is 61.4 Å². The monoisotopic (exact) mass is 170 g/mol. The molecule has 0 aromatic carbocycles. The van der Waals surface area contributed by atoms with E-state index in [1.54, 1.807) is 0 Å². The molecule has 0 aliphatic carbocycles. The van der Waals surface area contributed by atoms with E-state index in [4.69, 9.17) is 15.0 Å². The van der Waals surface area contributed by atoms with Gasteiger partial charge in [-0.05, 0) is 0 Å². The van der Waals surface area contributed by atoms with Crippen LogP contribution in [0.1, 0.15) is 0 Å². The van der Waals surface area contributed by atoms with Crippen LogP contribution in [0.5, 0.6) is 0 Å². The molecule has 0 radical (unpaired) electrons. The molecule has 0 aromatic rings. The van der Waals surface area contributed by atoms with Gasteiger partial charge in [-0.15, -0.1) is 0 Å². The molecule has 0 aliphatic rings. The van der Waals surface area contributed by atoms with Crippen molar-refractivity contribution in [2.24, 2.45) is 0 Å². The number of carboxylic acid groups (broad SMARTS) is 2. The zero-order valence-electron chi connectivity index (χ0n) is 2.30. The molecule has 0 aliphatic heterocycles. The van der Waals surface area contributed by atoms with Crippen molar-refractivity contribution in [3.05, 3.63) is 0 Å². The van der Waals surface area contributed by atoms with Crippen LogP contribution in [0.3, 0.4) is 0 Å². The Morgan fingerprint density at radius 1 is 1.33 bits per heavy atom. The van der Waals surface area contributed by atoms with Gasteiger partial charge in [0.25, 0.3) is 0 Å². The molecular weight excluding hydrogens is 163 g/mol. The Kier molecular flexibility index (Phi) is 24.3. The normalized spacial score (nSPS) is 4.00. The fourth-order valence-corrected chi connectivity index (χ4v) is 0. The standard InChI is InChI=1S/CH2O3.Mg.H2Se.2H/c2-1(3)4;;;;/h(H2,2,3,4);;1H2;;. The van der Waals surface area contributed by atoms with Crippen LogP contribution < -0.4 is 0 Å². The average Bonchev–Trinajstić information content (AvgIpc) is 0.811. The molecule has 5 heteroatoms. The maximum atomic E-state index is 8.56. The summed E-state index contributed by atoms with van der Waals surface area (Å²) >= 11 is 0. The van der Waals surface area contributed by atoms with Crippen LogP contribution in [0.2, 0.25) is 0 Å². The summed E-state index contributed by atoms with van der Waals surface area (Å²) in [5, 5.41) is 13.9. The first kappa shape index (κ1) is 16.0. The average molecular weight is 169 g/mol. The summed E-state index contributed by atoms with van der Waals surface area (Å²) in [4.78, 5) is 8.56. The summed E-state index contributed by atoms with van der Waals surface area (Å²) in [5.74, 6) is 0. The number of rotatable bonds is 0. The molecule has 0 spiro atoms. The van der Waals surface area contributed by atoms with E-state index in [1.165, 1.54) is 0 Å². The molecule has 0 rings (SSSR count). The molecule has 0 saturated carbocycles. The van der Waals surface area contributed by atoms with Gasteiger partial charge in [0.2, 0.25) is 0 Å². The van der Waals surface area contributed by atoms with Crippen LogP contribution in [-0.4, -0.2) is 56.5 Å². The molecule has 0 aromatic heterocycles. The van der Waals surface area contributed by atoms with Crippen molar-refractivity contribution in [3.63, 3.8) is 0 Å². The first-order chi connectivity index (χ1) is 1.73. The van der Waals surface area contributed by atoms with Crippen molar-refractivity contribution < 1.29 is 15.0 Å². The van der Waals surface area contributed by atoms with Gasteiger partial charge in [-0.1, -0.05) is 0 Å². The Balaban J connectivity index is -0.0000000450. The van der Waals surface area contributed by atoms with Gasteiger partial charge in [0.15, 0.2) is 0 Å². The SMILES string of the molecule is O=C(O)O.[MgH2].[SeH2]. The van der Waals surface area contributed by atoms with Crippen molar-refractivity contribution in [3.8, 4) is 0 Å². The first-order valence-corrected chi connectivity index (χ1v) is 0.651. The van der Waals surface area contributed by atoms with E-state index in [0.717, 1.165) is 0 Å². The zero-order chi connectivity index (χ0) is 3.58. The van der Waals surface area contributed by atoms with Gasteiger partial charge in [0.1, 0.15) is 0 Å². The van der Waals surface area contributed by atoms with Crippen LogP contribution in [-0.2, 0) is 0 Å². The molecule has 0 saturated heterocycles. The van der Waals surface area contributed by atoms with E-state index in [2.05, 4.69) is 0 Å². The molecule has 36 valence electrons. The van der Waals surface area contributed by atoms with Crippen molar-refractivity contribution >= 4 is 46.3 Å². The summed E-state index contributed by atoms with van der Waals surface area (Å²) in [6.07, 6.45) is -1.83.